The van der Waals surface area contributed by atoms with Gasteiger partial charge in [-0.2, -0.15) is 0 Å². The Morgan fingerprint density at radius 3 is 2.37 bits per heavy atom. The fourth-order valence-corrected chi connectivity index (χ4v) is 2.80. The van der Waals surface area contributed by atoms with E-state index < -0.39 is 12.0 Å². The molecule has 5 nitrogen and oxygen atoms in total. The molecule has 0 radical (unpaired) electrons. The number of rotatable bonds is 5. The Balaban J connectivity index is 2.50. The van der Waals surface area contributed by atoms with Gasteiger partial charge in [0.25, 0.3) is 0 Å². The van der Waals surface area contributed by atoms with Crippen molar-refractivity contribution in [1.29, 1.82) is 0 Å². The van der Waals surface area contributed by atoms with Gasteiger partial charge in [0, 0.05) is 13.1 Å². The number of aliphatic carboxylic acids is 1. The van der Waals surface area contributed by atoms with Gasteiger partial charge in [-0.05, 0) is 32.1 Å². The van der Waals surface area contributed by atoms with E-state index in [4.69, 9.17) is 5.11 Å². The molecule has 0 aliphatic heterocycles. The van der Waals surface area contributed by atoms with Gasteiger partial charge in [0.1, 0.15) is 6.04 Å². The molecule has 0 bridgehead atoms. The molecule has 0 aromatic heterocycles. The highest BCUT2D eigenvalue weighted by Gasteiger charge is 2.27. The zero-order chi connectivity index (χ0) is 14.4. The molecule has 2 unspecified atom stereocenters. The summed E-state index contributed by atoms with van der Waals surface area (Å²) >= 11 is 0. The zero-order valence-electron chi connectivity index (χ0n) is 12.2. The van der Waals surface area contributed by atoms with Gasteiger partial charge in [0.15, 0.2) is 0 Å². The molecule has 1 aliphatic carbocycles. The van der Waals surface area contributed by atoms with Crippen LogP contribution in [0.15, 0.2) is 0 Å². The number of likely N-dealkylation sites (N-methyl/N-ethyl adjacent to an activating group) is 1. The van der Waals surface area contributed by atoms with Crippen LogP contribution < -0.4 is 5.32 Å². The van der Waals surface area contributed by atoms with E-state index >= 15 is 0 Å². The van der Waals surface area contributed by atoms with Crippen molar-refractivity contribution >= 4 is 12.0 Å². The molecule has 5 heteroatoms. The molecule has 0 aromatic rings. The van der Waals surface area contributed by atoms with Crippen molar-refractivity contribution in [2.45, 2.75) is 64.5 Å². The first-order valence-electron chi connectivity index (χ1n) is 7.23. The summed E-state index contributed by atoms with van der Waals surface area (Å²) in [6, 6.07) is -0.924. The quantitative estimate of drug-likeness (QED) is 0.806. The van der Waals surface area contributed by atoms with Crippen molar-refractivity contribution in [3.8, 4) is 0 Å². The van der Waals surface area contributed by atoms with Crippen molar-refractivity contribution in [3.63, 3.8) is 0 Å². The van der Waals surface area contributed by atoms with Gasteiger partial charge in [-0.25, -0.2) is 9.59 Å². The van der Waals surface area contributed by atoms with Crippen LogP contribution in [0.4, 0.5) is 4.79 Å². The van der Waals surface area contributed by atoms with E-state index in [1.54, 1.807) is 14.0 Å². The number of carboxylic acid groups (broad SMARTS) is 1. The van der Waals surface area contributed by atoms with E-state index in [1.165, 1.54) is 24.2 Å². The van der Waals surface area contributed by atoms with Crippen LogP contribution in [0.1, 0.15) is 52.4 Å². The molecule has 0 heterocycles. The topological polar surface area (TPSA) is 69.6 Å². The lowest BCUT2D eigenvalue weighted by Gasteiger charge is -2.31. The van der Waals surface area contributed by atoms with E-state index in [0.29, 0.717) is 12.3 Å². The Kier molecular flexibility index (Phi) is 6.12. The van der Waals surface area contributed by atoms with Crippen molar-refractivity contribution in [3.05, 3.63) is 0 Å². The van der Waals surface area contributed by atoms with Crippen LogP contribution in [0.3, 0.4) is 0 Å². The number of nitrogens with zero attached hydrogens (tertiary/aromatic N) is 1. The third kappa shape index (κ3) is 4.40. The predicted octanol–water partition coefficient (Wildman–Crippen LogP) is 2.46. The van der Waals surface area contributed by atoms with Crippen LogP contribution in [0.25, 0.3) is 0 Å². The van der Waals surface area contributed by atoms with Gasteiger partial charge in [-0.1, -0.05) is 26.2 Å². The van der Waals surface area contributed by atoms with Crippen LogP contribution >= 0.6 is 0 Å². The number of carbonyl (C=O) groups is 2. The zero-order valence-corrected chi connectivity index (χ0v) is 12.2. The second-order valence-corrected chi connectivity index (χ2v) is 5.51. The minimum absolute atomic E-state index is 0.113. The van der Waals surface area contributed by atoms with Gasteiger partial charge >= 0.3 is 12.0 Å². The molecule has 1 aliphatic rings. The number of amides is 2. The maximum atomic E-state index is 12.1. The molecule has 2 N–H and O–H groups in total. The van der Waals surface area contributed by atoms with Crippen molar-refractivity contribution in [2.24, 2.45) is 5.92 Å². The molecule has 0 saturated heterocycles. The number of hydrogen-bond donors (Lipinski definition) is 2. The smallest absolute Gasteiger partial charge is 0.326 e. The Morgan fingerprint density at radius 1 is 1.32 bits per heavy atom. The third-order valence-corrected chi connectivity index (χ3v) is 4.17. The molecule has 1 saturated carbocycles. The fourth-order valence-electron chi connectivity index (χ4n) is 2.80. The lowest BCUT2D eigenvalue weighted by Crippen LogP contribution is -2.50. The van der Waals surface area contributed by atoms with Crippen molar-refractivity contribution in [2.75, 3.05) is 7.05 Å². The average Bonchev–Trinajstić information content (AvgIpc) is 2.39. The standard InChI is InChI=1S/C14H26N2O3/c1-4-12(13(17)18)16(3)14(19)15-10(2)11-8-6-5-7-9-11/h10-12H,4-9H2,1-3H3,(H,15,19)(H,17,18). The number of carboxylic acids is 1. The maximum Gasteiger partial charge on any atom is 0.326 e. The first-order valence-corrected chi connectivity index (χ1v) is 7.23. The second-order valence-electron chi connectivity index (χ2n) is 5.51. The summed E-state index contributed by atoms with van der Waals surface area (Å²) < 4.78 is 0. The Morgan fingerprint density at radius 2 is 1.89 bits per heavy atom. The summed E-state index contributed by atoms with van der Waals surface area (Å²) in [7, 11) is 1.55. The molecule has 2 atom stereocenters. The molecule has 0 aromatic carbocycles. The summed E-state index contributed by atoms with van der Waals surface area (Å²) in [5, 5.41) is 12.0. The van der Waals surface area contributed by atoms with E-state index in [9.17, 15) is 9.59 Å². The monoisotopic (exact) mass is 270 g/mol. The highest BCUT2D eigenvalue weighted by atomic mass is 16.4. The van der Waals surface area contributed by atoms with E-state index in [0.717, 1.165) is 12.8 Å². The van der Waals surface area contributed by atoms with Crippen LogP contribution in [-0.4, -0.2) is 41.1 Å². The number of urea groups is 1. The molecule has 2 amide bonds. The summed E-state index contributed by atoms with van der Waals surface area (Å²) in [6.07, 6.45) is 6.47. The Hall–Kier alpha value is -1.26. The number of carbonyl (C=O) groups excluding carboxylic acids is 1. The molecule has 19 heavy (non-hydrogen) atoms. The first kappa shape index (κ1) is 15.8. The summed E-state index contributed by atoms with van der Waals surface area (Å²) in [5.41, 5.74) is 0. The van der Waals surface area contributed by atoms with Gasteiger partial charge < -0.3 is 15.3 Å². The van der Waals surface area contributed by atoms with Crippen LogP contribution in [0, 0.1) is 5.92 Å². The van der Waals surface area contributed by atoms with Crippen molar-refractivity contribution in [1.82, 2.24) is 10.2 Å². The minimum atomic E-state index is -0.953. The van der Waals surface area contributed by atoms with Crippen molar-refractivity contribution < 1.29 is 14.7 Å². The van der Waals surface area contributed by atoms with Gasteiger partial charge in [-0.15, -0.1) is 0 Å². The third-order valence-electron chi connectivity index (χ3n) is 4.17. The molecule has 110 valence electrons. The van der Waals surface area contributed by atoms with Crippen LogP contribution in [0.5, 0.6) is 0 Å². The average molecular weight is 270 g/mol. The number of nitrogens with one attached hydrogen (secondary N) is 1. The van der Waals surface area contributed by atoms with E-state index in [1.807, 2.05) is 6.92 Å². The van der Waals surface area contributed by atoms with Gasteiger partial charge in [0.2, 0.25) is 0 Å². The van der Waals surface area contributed by atoms with E-state index in [-0.39, 0.29) is 12.1 Å². The summed E-state index contributed by atoms with van der Waals surface area (Å²) in [4.78, 5) is 24.4. The summed E-state index contributed by atoms with van der Waals surface area (Å²) in [5.74, 6) is -0.429. The van der Waals surface area contributed by atoms with Crippen LogP contribution in [-0.2, 0) is 4.79 Å². The lowest BCUT2D eigenvalue weighted by atomic mass is 9.84. The molecular weight excluding hydrogens is 244 g/mol. The Labute approximate surface area is 115 Å². The highest BCUT2D eigenvalue weighted by Crippen LogP contribution is 2.26. The number of hydrogen-bond acceptors (Lipinski definition) is 2. The summed E-state index contributed by atoms with van der Waals surface area (Å²) in [6.45, 7) is 3.79. The first-order chi connectivity index (χ1) is 8.97. The normalized spacial score (nSPS) is 19.5. The Bertz CT molecular complexity index is 314. The fraction of sp³-hybridized carbons (Fsp3) is 0.857. The minimum Gasteiger partial charge on any atom is -0.480 e. The maximum absolute atomic E-state index is 12.1. The second kappa shape index (κ2) is 7.36. The molecular formula is C14H26N2O3. The lowest BCUT2D eigenvalue weighted by molar-refractivity contribution is -0.141. The SMILES string of the molecule is CCC(C(=O)O)N(C)C(=O)NC(C)C1CCCCC1. The van der Waals surface area contributed by atoms with E-state index in [2.05, 4.69) is 5.32 Å². The van der Waals surface area contributed by atoms with Gasteiger partial charge in [-0.3, -0.25) is 0 Å². The molecule has 1 rings (SSSR count). The van der Waals surface area contributed by atoms with Gasteiger partial charge in [0.05, 0.1) is 0 Å². The predicted molar refractivity (Wildman–Crippen MR) is 74.0 cm³/mol. The van der Waals surface area contributed by atoms with Crippen LogP contribution in [0.2, 0.25) is 0 Å². The molecule has 1 fully saturated rings. The molecule has 0 spiro atoms. The largest absolute Gasteiger partial charge is 0.480 e. The highest BCUT2D eigenvalue weighted by molar-refractivity contribution is 5.82.